The number of likely N-dealkylation sites (N-methyl/N-ethyl adjacent to an activating group) is 1. The van der Waals surface area contributed by atoms with Crippen molar-refractivity contribution in [2.45, 2.75) is 49.8 Å². The normalized spacial score (nSPS) is 21.9. The van der Waals surface area contributed by atoms with Crippen molar-refractivity contribution in [3.63, 3.8) is 0 Å². The van der Waals surface area contributed by atoms with Gasteiger partial charge >= 0.3 is 11.8 Å². The molecular formula is C26H32FN3O3. The molecule has 7 heteroatoms. The van der Waals surface area contributed by atoms with E-state index in [9.17, 15) is 19.1 Å². The summed E-state index contributed by atoms with van der Waals surface area (Å²) in [5.74, 6) is -1.45. The average Bonchev–Trinajstić information content (AvgIpc) is 3.12. The summed E-state index contributed by atoms with van der Waals surface area (Å²) in [6.07, 6.45) is 3.99. The van der Waals surface area contributed by atoms with Gasteiger partial charge in [0.2, 0.25) is 0 Å². The van der Waals surface area contributed by atoms with Gasteiger partial charge in [-0.1, -0.05) is 36.4 Å². The highest BCUT2D eigenvalue weighted by Gasteiger charge is 2.42. The molecular weight excluding hydrogens is 421 g/mol. The lowest BCUT2D eigenvalue weighted by Gasteiger charge is -2.42. The number of amides is 2. The van der Waals surface area contributed by atoms with Crippen LogP contribution >= 0.6 is 0 Å². The molecule has 0 radical (unpaired) electrons. The van der Waals surface area contributed by atoms with Crippen molar-refractivity contribution in [3.8, 4) is 11.1 Å². The molecule has 2 atom stereocenters. The molecule has 1 heterocycles. The molecule has 0 unspecified atom stereocenters. The summed E-state index contributed by atoms with van der Waals surface area (Å²) in [7, 11) is 3.12. The Morgan fingerprint density at radius 3 is 2.48 bits per heavy atom. The van der Waals surface area contributed by atoms with E-state index in [1.54, 1.807) is 20.2 Å². The lowest BCUT2D eigenvalue weighted by Crippen LogP contribution is -2.54. The lowest BCUT2D eigenvalue weighted by molar-refractivity contribution is -0.144. The summed E-state index contributed by atoms with van der Waals surface area (Å²) in [5.41, 5.74) is 2.13. The molecule has 1 aliphatic carbocycles. The van der Waals surface area contributed by atoms with Gasteiger partial charge in [-0.25, -0.2) is 4.39 Å². The van der Waals surface area contributed by atoms with E-state index >= 15 is 0 Å². The molecule has 2 aromatic carbocycles. The summed E-state index contributed by atoms with van der Waals surface area (Å²) in [6, 6.07) is 14.3. The molecule has 2 amide bonds. The zero-order chi connectivity index (χ0) is 23.6. The number of aliphatic hydroxyl groups is 1. The van der Waals surface area contributed by atoms with Crippen molar-refractivity contribution >= 4 is 11.8 Å². The van der Waals surface area contributed by atoms with Crippen LogP contribution in [0.25, 0.3) is 11.1 Å². The predicted molar refractivity (Wildman–Crippen MR) is 125 cm³/mol. The number of likely N-dealkylation sites (tertiary alicyclic amines) is 1. The summed E-state index contributed by atoms with van der Waals surface area (Å²) >= 11 is 0. The Kier molecular flexibility index (Phi) is 6.81. The highest BCUT2D eigenvalue weighted by molar-refractivity contribution is 6.34. The number of hydrogen-bond donors (Lipinski definition) is 2. The Balaban J connectivity index is 1.55. The maximum atomic E-state index is 13.7. The molecule has 1 saturated heterocycles. The average molecular weight is 454 g/mol. The van der Waals surface area contributed by atoms with Gasteiger partial charge in [0, 0.05) is 39.3 Å². The fraction of sp³-hybridized carbons (Fsp3) is 0.462. The first-order valence-corrected chi connectivity index (χ1v) is 11.6. The van der Waals surface area contributed by atoms with E-state index in [-0.39, 0.29) is 17.9 Å². The van der Waals surface area contributed by atoms with E-state index in [1.807, 2.05) is 30.3 Å². The van der Waals surface area contributed by atoms with Crippen molar-refractivity contribution in [3.05, 3.63) is 59.9 Å². The number of halogens is 1. The number of carbonyl (C=O) groups is 2. The van der Waals surface area contributed by atoms with Gasteiger partial charge in [0.05, 0.1) is 5.60 Å². The molecule has 4 rings (SSSR count). The molecule has 2 fully saturated rings. The Bertz CT molecular complexity index is 1020. The van der Waals surface area contributed by atoms with E-state index in [0.29, 0.717) is 13.0 Å². The van der Waals surface area contributed by atoms with E-state index in [4.69, 9.17) is 0 Å². The zero-order valence-corrected chi connectivity index (χ0v) is 19.3. The van der Waals surface area contributed by atoms with Crippen LogP contribution in [-0.4, -0.2) is 71.6 Å². The first kappa shape index (κ1) is 23.4. The van der Waals surface area contributed by atoms with Gasteiger partial charge in [-0.05, 0) is 60.9 Å². The van der Waals surface area contributed by atoms with Crippen molar-refractivity contribution < 1.29 is 19.1 Å². The van der Waals surface area contributed by atoms with Gasteiger partial charge in [0.1, 0.15) is 5.82 Å². The van der Waals surface area contributed by atoms with E-state index < -0.39 is 17.4 Å². The number of nitrogens with one attached hydrogen (secondary N) is 1. The molecule has 6 nitrogen and oxygen atoms in total. The Labute approximate surface area is 194 Å². The van der Waals surface area contributed by atoms with Crippen LogP contribution in [0.15, 0.2) is 48.5 Å². The minimum Gasteiger partial charge on any atom is -0.389 e. The Morgan fingerprint density at radius 1 is 1.15 bits per heavy atom. The van der Waals surface area contributed by atoms with Crippen LogP contribution in [0.3, 0.4) is 0 Å². The SMILES string of the molecule is CN(C)C(=O)C(=O)N[C@H]1CCN(CC2(O)CCC2)[C@H]1Cc1cccc(-c2cccc(F)c2)c1. The molecule has 176 valence electrons. The van der Waals surface area contributed by atoms with Crippen LogP contribution in [0, 0.1) is 5.82 Å². The van der Waals surface area contributed by atoms with Crippen LogP contribution < -0.4 is 5.32 Å². The fourth-order valence-corrected chi connectivity index (χ4v) is 4.90. The third kappa shape index (κ3) is 5.42. The highest BCUT2D eigenvalue weighted by Crippen LogP contribution is 2.35. The molecule has 2 aromatic rings. The number of hydrogen-bond acceptors (Lipinski definition) is 4. The fourth-order valence-electron chi connectivity index (χ4n) is 4.90. The van der Waals surface area contributed by atoms with Gasteiger partial charge in [-0.2, -0.15) is 0 Å². The third-order valence-electron chi connectivity index (χ3n) is 6.89. The minimum atomic E-state index is -0.667. The second-order valence-electron chi connectivity index (χ2n) is 9.60. The van der Waals surface area contributed by atoms with Crippen LogP contribution in [0.1, 0.15) is 31.2 Å². The van der Waals surface area contributed by atoms with Gasteiger partial charge in [0.15, 0.2) is 0 Å². The minimum absolute atomic E-state index is 0.0451. The maximum Gasteiger partial charge on any atom is 0.311 e. The number of rotatable bonds is 6. The topological polar surface area (TPSA) is 72.9 Å². The number of nitrogens with zero attached hydrogens (tertiary/aromatic N) is 2. The van der Waals surface area contributed by atoms with E-state index in [2.05, 4.69) is 10.2 Å². The first-order valence-electron chi connectivity index (χ1n) is 11.6. The van der Waals surface area contributed by atoms with Crippen molar-refractivity contribution in [2.24, 2.45) is 0 Å². The molecule has 2 N–H and O–H groups in total. The van der Waals surface area contributed by atoms with Crippen molar-refractivity contribution in [2.75, 3.05) is 27.2 Å². The van der Waals surface area contributed by atoms with Gasteiger partial charge < -0.3 is 15.3 Å². The van der Waals surface area contributed by atoms with Gasteiger partial charge in [0.25, 0.3) is 0 Å². The van der Waals surface area contributed by atoms with Crippen LogP contribution in [0.2, 0.25) is 0 Å². The largest absolute Gasteiger partial charge is 0.389 e. The van der Waals surface area contributed by atoms with E-state index in [1.165, 1.54) is 17.0 Å². The second kappa shape index (κ2) is 9.61. The zero-order valence-electron chi connectivity index (χ0n) is 19.3. The van der Waals surface area contributed by atoms with Gasteiger partial charge in [-0.3, -0.25) is 14.5 Å². The van der Waals surface area contributed by atoms with Crippen LogP contribution in [0.4, 0.5) is 4.39 Å². The van der Waals surface area contributed by atoms with Crippen molar-refractivity contribution in [1.29, 1.82) is 0 Å². The summed E-state index contributed by atoms with van der Waals surface area (Å²) in [4.78, 5) is 28.1. The van der Waals surface area contributed by atoms with Crippen LogP contribution in [0.5, 0.6) is 0 Å². The smallest absolute Gasteiger partial charge is 0.311 e. The number of carbonyl (C=O) groups excluding carboxylic acids is 2. The molecule has 0 spiro atoms. The molecule has 0 aromatic heterocycles. The Hall–Kier alpha value is -2.77. The predicted octanol–water partition coefficient (Wildman–Crippen LogP) is 2.60. The molecule has 2 aliphatic rings. The monoisotopic (exact) mass is 453 g/mol. The standard InChI is InChI=1S/C26H32FN3O3/c1-29(2)25(32)24(31)28-22-10-13-30(17-26(33)11-5-12-26)23(22)15-18-6-3-7-19(14-18)20-8-4-9-21(27)16-20/h3-4,6-9,14,16,22-23,33H,5,10-13,15,17H2,1-2H3,(H,28,31)/t22-,23-/m0/s1. The molecule has 33 heavy (non-hydrogen) atoms. The summed E-state index contributed by atoms with van der Waals surface area (Å²) < 4.78 is 13.7. The van der Waals surface area contributed by atoms with Gasteiger partial charge in [-0.15, -0.1) is 0 Å². The quantitative estimate of drug-likeness (QED) is 0.660. The molecule has 1 saturated carbocycles. The third-order valence-corrected chi connectivity index (χ3v) is 6.89. The lowest BCUT2D eigenvalue weighted by atomic mass is 9.79. The van der Waals surface area contributed by atoms with Crippen LogP contribution in [-0.2, 0) is 16.0 Å². The highest BCUT2D eigenvalue weighted by atomic mass is 19.1. The first-order chi connectivity index (χ1) is 15.7. The van der Waals surface area contributed by atoms with E-state index in [0.717, 1.165) is 48.9 Å². The van der Waals surface area contributed by atoms with Crippen molar-refractivity contribution in [1.82, 2.24) is 15.1 Å². The summed E-state index contributed by atoms with van der Waals surface area (Å²) in [5, 5.41) is 13.7. The number of benzene rings is 2. The molecule has 0 bridgehead atoms. The maximum absolute atomic E-state index is 13.7. The summed E-state index contributed by atoms with van der Waals surface area (Å²) in [6.45, 7) is 1.31. The molecule has 1 aliphatic heterocycles. The second-order valence-corrected chi connectivity index (χ2v) is 9.60. The Morgan fingerprint density at radius 2 is 1.85 bits per heavy atom. The number of β-amino-alcohol motifs (C(OH)–C–C–N with tert-alkyl or cyclic N) is 1.